The molecule has 0 fully saturated rings. The van der Waals surface area contributed by atoms with Gasteiger partial charge in [-0.15, -0.1) is 0 Å². The topological polar surface area (TPSA) is 78.9 Å². The number of nitrogens with one attached hydrogen (secondary N) is 1. The Labute approximate surface area is 156 Å². The fourth-order valence-corrected chi connectivity index (χ4v) is 3.64. The highest BCUT2D eigenvalue weighted by Gasteiger charge is 2.17. The number of aliphatic hydroxyl groups excluding tert-OH is 1. The van der Waals surface area contributed by atoms with Crippen LogP contribution in [0.5, 0.6) is 0 Å². The minimum atomic E-state index is -3.55. The van der Waals surface area contributed by atoms with Gasteiger partial charge in [-0.05, 0) is 18.6 Å². The molecular formula is C19H30N2O4S. The van der Waals surface area contributed by atoms with Crippen molar-refractivity contribution in [2.24, 2.45) is 0 Å². The first-order valence-corrected chi connectivity index (χ1v) is 10.2. The molecule has 0 radical (unpaired) electrons. The SMILES string of the molecule is CCCCO.COCCNS(=O)(=O)c1cccc2c(N(C)C)cccc12. The summed E-state index contributed by atoms with van der Waals surface area (Å²) >= 11 is 0. The van der Waals surface area contributed by atoms with Crippen LogP contribution in [0.4, 0.5) is 5.69 Å². The Bertz CT molecular complexity index is 774. The number of unbranched alkanes of at least 4 members (excludes halogenated alkanes) is 1. The summed E-state index contributed by atoms with van der Waals surface area (Å²) in [4.78, 5) is 2.26. The highest BCUT2D eigenvalue weighted by atomic mass is 32.2. The van der Waals surface area contributed by atoms with Crippen LogP contribution in [0.25, 0.3) is 10.8 Å². The Morgan fingerprint density at radius 2 is 1.77 bits per heavy atom. The summed E-state index contributed by atoms with van der Waals surface area (Å²) < 4.78 is 32.3. The molecule has 2 aromatic carbocycles. The lowest BCUT2D eigenvalue weighted by Gasteiger charge is -2.17. The molecule has 2 aromatic rings. The highest BCUT2D eigenvalue weighted by molar-refractivity contribution is 7.89. The second-order valence-electron chi connectivity index (χ2n) is 5.99. The van der Waals surface area contributed by atoms with Gasteiger partial charge in [0, 0.05) is 50.8 Å². The molecule has 2 N–H and O–H groups in total. The predicted octanol–water partition coefficient (Wildman–Crippen LogP) is 2.61. The second-order valence-corrected chi connectivity index (χ2v) is 7.73. The molecule has 0 aliphatic rings. The molecule has 0 amide bonds. The zero-order valence-electron chi connectivity index (χ0n) is 16.0. The van der Waals surface area contributed by atoms with Crippen molar-refractivity contribution in [3.63, 3.8) is 0 Å². The maximum atomic E-state index is 12.4. The van der Waals surface area contributed by atoms with Crippen LogP contribution in [0.1, 0.15) is 19.8 Å². The summed E-state index contributed by atoms with van der Waals surface area (Å²) in [6.07, 6.45) is 2.04. The number of hydrogen-bond donors (Lipinski definition) is 2. The first kappa shape index (κ1) is 22.4. The lowest BCUT2D eigenvalue weighted by molar-refractivity contribution is 0.204. The standard InChI is InChI=1S/C15H20N2O3S.C4H10O/c1-17(2)14-8-4-7-13-12(14)6-5-9-15(13)21(18,19)16-10-11-20-3;1-2-3-4-5/h4-9,16H,10-11H2,1-3H3;5H,2-4H2,1H3. The van der Waals surface area contributed by atoms with Gasteiger partial charge < -0.3 is 14.7 Å². The van der Waals surface area contributed by atoms with Gasteiger partial charge in [0.15, 0.2) is 0 Å². The molecule has 7 heteroatoms. The Balaban J connectivity index is 0.000000597. The first-order valence-electron chi connectivity index (χ1n) is 8.67. The summed E-state index contributed by atoms with van der Waals surface area (Å²) in [5, 5.41) is 9.70. The Kier molecular flexibility index (Phi) is 9.58. The molecule has 0 spiro atoms. The van der Waals surface area contributed by atoms with Gasteiger partial charge in [0.1, 0.15) is 0 Å². The maximum Gasteiger partial charge on any atom is 0.241 e. The minimum absolute atomic E-state index is 0.253. The van der Waals surface area contributed by atoms with Crippen molar-refractivity contribution >= 4 is 26.5 Å². The molecule has 26 heavy (non-hydrogen) atoms. The van der Waals surface area contributed by atoms with Crippen LogP contribution in [0.15, 0.2) is 41.3 Å². The zero-order valence-corrected chi connectivity index (χ0v) is 16.8. The van der Waals surface area contributed by atoms with E-state index >= 15 is 0 Å². The smallest absolute Gasteiger partial charge is 0.241 e. The molecule has 0 unspecified atom stereocenters. The molecular weight excluding hydrogens is 352 g/mol. The van der Waals surface area contributed by atoms with E-state index in [4.69, 9.17) is 9.84 Å². The highest BCUT2D eigenvalue weighted by Crippen LogP contribution is 2.29. The Hall–Kier alpha value is -1.67. The second kappa shape index (κ2) is 11.1. The summed E-state index contributed by atoms with van der Waals surface area (Å²) in [5.74, 6) is 0. The van der Waals surface area contributed by atoms with Crippen molar-refractivity contribution in [1.82, 2.24) is 4.72 Å². The molecule has 0 atom stereocenters. The molecule has 0 aromatic heterocycles. The maximum absolute atomic E-state index is 12.4. The van der Waals surface area contributed by atoms with E-state index in [1.165, 1.54) is 7.11 Å². The van der Waals surface area contributed by atoms with Crippen LogP contribution in [-0.2, 0) is 14.8 Å². The van der Waals surface area contributed by atoms with Crippen molar-refractivity contribution in [3.8, 4) is 0 Å². The number of nitrogens with zero attached hydrogens (tertiary/aromatic N) is 1. The van der Waals surface area contributed by atoms with Crippen LogP contribution in [0, 0.1) is 0 Å². The van der Waals surface area contributed by atoms with Gasteiger partial charge in [-0.25, -0.2) is 13.1 Å². The van der Waals surface area contributed by atoms with E-state index in [-0.39, 0.29) is 6.54 Å². The summed E-state index contributed by atoms with van der Waals surface area (Å²) in [6.45, 7) is 2.99. The number of fused-ring (bicyclic) bond motifs is 1. The number of benzene rings is 2. The van der Waals surface area contributed by atoms with Crippen molar-refractivity contribution in [3.05, 3.63) is 36.4 Å². The largest absolute Gasteiger partial charge is 0.396 e. The predicted molar refractivity (Wildman–Crippen MR) is 107 cm³/mol. The van der Waals surface area contributed by atoms with Crippen molar-refractivity contribution in [1.29, 1.82) is 0 Å². The molecule has 6 nitrogen and oxygen atoms in total. The third-order valence-electron chi connectivity index (χ3n) is 3.74. The van der Waals surface area contributed by atoms with E-state index in [2.05, 4.69) is 11.6 Å². The number of sulfonamides is 1. The van der Waals surface area contributed by atoms with Crippen molar-refractivity contribution in [2.75, 3.05) is 45.9 Å². The van der Waals surface area contributed by atoms with Gasteiger partial charge in [0.25, 0.3) is 0 Å². The average Bonchev–Trinajstić information content (AvgIpc) is 2.62. The molecule has 146 valence electrons. The zero-order chi connectivity index (χ0) is 19.6. The van der Waals surface area contributed by atoms with Gasteiger partial charge in [-0.1, -0.05) is 37.6 Å². The van der Waals surface area contributed by atoms with E-state index < -0.39 is 10.0 Å². The fraction of sp³-hybridized carbons (Fsp3) is 0.474. The van der Waals surface area contributed by atoms with Crippen molar-refractivity contribution in [2.45, 2.75) is 24.7 Å². The van der Waals surface area contributed by atoms with Crippen LogP contribution in [0.2, 0.25) is 0 Å². The van der Waals surface area contributed by atoms with Gasteiger partial charge in [0.05, 0.1) is 11.5 Å². The third-order valence-corrected chi connectivity index (χ3v) is 5.26. The quantitative estimate of drug-likeness (QED) is 0.686. The monoisotopic (exact) mass is 382 g/mol. The molecule has 0 saturated carbocycles. The Morgan fingerprint density at radius 1 is 1.12 bits per heavy atom. The van der Waals surface area contributed by atoms with Crippen LogP contribution in [0.3, 0.4) is 0 Å². The lowest BCUT2D eigenvalue weighted by atomic mass is 10.1. The van der Waals surface area contributed by atoms with E-state index in [1.807, 2.05) is 43.3 Å². The molecule has 2 rings (SSSR count). The van der Waals surface area contributed by atoms with Gasteiger partial charge >= 0.3 is 0 Å². The van der Waals surface area contributed by atoms with Gasteiger partial charge in [-0.3, -0.25) is 0 Å². The first-order chi connectivity index (χ1) is 12.4. The average molecular weight is 383 g/mol. The fourth-order valence-electron chi connectivity index (χ4n) is 2.40. The van der Waals surface area contributed by atoms with Crippen molar-refractivity contribution < 1.29 is 18.3 Å². The number of aliphatic hydroxyl groups is 1. The number of methoxy groups -OCH3 is 1. The van der Waals surface area contributed by atoms with Gasteiger partial charge in [-0.2, -0.15) is 0 Å². The molecule has 0 saturated heterocycles. The number of anilines is 1. The van der Waals surface area contributed by atoms with Crippen LogP contribution in [-0.4, -0.2) is 54.5 Å². The van der Waals surface area contributed by atoms with Gasteiger partial charge in [0.2, 0.25) is 10.0 Å². The van der Waals surface area contributed by atoms with E-state index in [0.717, 1.165) is 23.9 Å². The Morgan fingerprint density at radius 3 is 2.31 bits per heavy atom. The molecule has 0 heterocycles. The van der Waals surface area contributed by atoms with E-state index in [9.17, 15) is 8.42 Å². The molecule has 0 bridgehead atoms. The lowest BCUT2D eigenvalue weighted by Crippen LogP contribution is -2.27. The number of ether oxygens (including phenoxy) is 1. The molecule has 0 aliphatic heterocycles. The number of rotatable bonds is 8. The van der Waals surface area contributed by atoms with Crippen LogP contribution < -0.4 is 9.62 Å². The normalized spacial score (nSPS) is 11.1. The minimum Gasteiger partial charge on any atom is -0.396 e. The van der Waals surface area contributed by atoms with E-state index in [1.54, 1.807) is 12.1 Å². The summed E-state index contributed by atoms with van der Waals surface area (Å²) in [7, 11) is 1.86. The van der Waals surface area contributed by atoms with E-state index in [0.29, 0.717) is 23.5 Å². The summed E-state index contributed by atoms with van der Waals surface area (Å²) in [6, 6.07) is 11.0. The number of hydrogen-bond acceptors (Lipinski definition) is 5. The third kappa shape index (κ3) is 6.25. The molecule has 0 aliphatic carbocycles. The summed E-state index contributed by atoms with van der Waals surface area (Å²) in [5.41, 5.74) is 0.987. The van der Waals surface area contributed by atoms with Crippen LogP contribution >= 0.6 is 0 Å².